The highest BCUT2D eigenvalue weighted by Crippen LogP contribution is 2.30. The fraction of sp³-hybridized carbons (Fsp3) is 0.333. The molecular weight excluding hydrogens is 300 g/mol. The standard InChI is InChI=1S/C15H16N4O4/c1-22-13-3-2-10-14(18-13)9(4-6-17-10)11-8-19(15(21)23-11)7-5-12(16)20/h2-4,6,11H,5,7-8H2,1H3,(H2,16,20)/t11-/m0/s1. The number of ether oxygens (including phenoxy) is 2. The van der Waals surface area contributed by atoms with Crippen molar-refractivity contribution in [2.24, 2.45) is 5.73 Å². The Morgan fingerprint density at radius 1 is 1.48 bits per heavy atom. The molecule has 1 saturated heterocycles. The Morgan fingerprint density at radius 3 is 3.04 bits per heavy atom. The van der Waals surface area contributed by atoms with Crippen molar-refractivity contribution in [2.75, 3.05) is 20.2 Å². The van der Waals surface area contributed by atoms with Crippen molar-refractivity contribution >= 4 is 23.0 Å². The predicted octanol–water partition coefficient (Wildman–Crippen LogP) is 1.01. The molecule has 0 spiro atoms. The minimum atomic E-state index is -0.472. The van der Waals surface area contributed by atoms with Gasteiger partial charge in [-0.05, 0) is 12.1 Å². The van der Waals surface area contributed by atoms with E-state index in [0.717, 1.165) is 5.56 Å². The highest BCUT2D eigenvalue weighted by Gasteiger charge is 2.33. The van der Waals surface area contributed by atoms with Crippen LogP contribution >= 0.6 is 0 Å². The number of nitrogens with zero attached hydrogens (tertiary/aromatic N) is 3. The van der Waals surface area contributed by atoms with Crippen LogP contribution in [0.5, 0.6) is 5.88 Å². The van der Waals surface area contributed by atoms with Crippen LogP contribution in [-0.2, 0) is 9.53 Å². The topological polar surface area (TPSA) is 108 Å². The lowest BCUT2D eigenvalue weighted by Crippen LogP contribution is -2.28. The van der Waals surface area contributed by atoms with Crippen LogP contribution in [0.25, 0.3) is 11.0 Å². The summed E-state index contributed by atoms with van der Waals surface area (Å²) in [5, 5.41) is 0. The second-order valence-corrected chi connectivity index (χ2v) is 5.16. The fourth-order valence-corrected chi connectivity index (χ4v) is 2.50. The number of cyclic esters (lactones) is 1. The number of aromatic nitrogens is 2. The first-order valence-corrected chi connectivity index (χ1v) is 7.12. The molecule has 1 aliphatic rings. The number of carbonyl (C=O) groups excluding carboxylic acids is 2. The smallest absolute Gasteiger partial charge is 0.410 e. The zero-order valence-corrected chi connectivity index (χ0v) is 12.6. The summed E-state index contributed by atoms with van der Waals surface area (Å²) < 4.78 is 10.5. The molecule has 0 aliphatic carbocycles. The Kier molecular flexibility index (Phi) is 3.96. The number of hydrogen-bond acceptors (Lipinski definition) is 6. The number of methoxy groups -OCH3 is 1. The van der Waals surface area contributed by atoms with Crippen LogP contribution < -0.4 is 10.5 Å². The van der Waals surface area contributed by atoms with Crippen molar-refractivity contribution in [3.63, 3.8) is 0 Å². The average Bonchev–Trinajstić information content (AvgIpc) is 2.92. The van der Waals surface area contributed by atoms with Crippen molar-refractivity contribution in [1.82, 2.24) is 14.9 Å². The van der Waals surface area contributed by atoms with Crippen molar-refractivity contribution < 1.29 is 19.1 Å². The van der Waals surface area contributed by atoms with Gasteiger partial charge in [0.25, 0.3) is 0 Å². The fourth-order valence-electron chi connectivity index (χ4n) is 2.50. The van der Waals surface area contributed by atoms with E-state index in [4.69, 9.17) is 15.2 Å². The quantitative estimate of drug-likeness (QED) is 0.882. The van der Waals surface area contributed by atoms with Gasteiger partial charge in [0.1, 0.15) is 6.10 Å². The first-order chi connectivity index (χ1) is 11.1. The third-order valence-corrected chi connectivity index (χ3v) is 3.66. The molecule has 1 aliphatic heterocycles. The van der Waals surface area contributed by atoms with Crippen molar-refractivity contribution in [3.8, 4) is 5.88 Å². The molecule has 120 valence electrons. The number of pyridine rings is 2. The van der Waals surface area contributed by atoms with Gasteiger partial charge in [-0.15, -0.1) is 0 Å². The Balaban J connectivity index is 1.88. The van der Waals surface area contributed by atoms with Gasteiger partial charge >= 0.3 is 6.09 Å². The molecule has 23 heavy (non-hydrogen) atoms. The van der Waals surface area contributed by atoms with Gasteiger partial charge in [-0.2, -0.15) is 0 Å². The maximum atomic E-state index is 11.9. The first kappa shape index (κ1) is 15.0. The maximum absolute atomic E-state index is 11.9. The van der Waals surface area contributed by atoms with Crippen molar-refractivity contribution in [3.05, 3.63) is 30.0 Å². The summed E-state index contributed by atoms with van der Waals surface area (Å²) in [7, 11) is 1.53. The zero-order valence-electron chi connectivity index (χ0n) is 12.6. The molecule has 3 rings (SSSR count). The van der Waals surface area contributed by atoms with E-state index in [9.17, 15) is 9.59 Å². The van der Waals surface area contributed by atoms with Crippen LogP contribution in [0.1, 0.15) is 18.1 Å². The highest BCUT2D eigenvalue weighted by atomic mass is 16.6. The first-order valence-electron chi connectivity index (χ1n) is 7.12. The molecule has 8 nitrogen and oxygen atoms in total. The van der Waals surface area contributed by atoms with Gasteiger partial charge < -0.3 is 20.1 Å². The Morgan fingerprint density at radius 2 is 2.30 bits per heavy atom. The van der Waals surface area contributed by atoms with Gasteiger partial charge in [0.15, 0.2) is 0 Å². The molecule has 2 amide bonds. The third-order valence-electron chi connectivity index (χ3n) is 3.66. The largest absolute Gasteiger partial charge is 0.481 e. The highest BCUT2D eigenvalue weighted by molar-refractivity contribution is 5.80. The van der Waals surface area contributed by atoms with E-state index in [2.05, 4.69) is 9.97 Å². The Labute approximate surface area is 132 Å². The SMILES string of the molecule is COc1ccc2nccc([C@@H]3CN(CCC(N)=O)C(=O)O3)c2n1. The summed E-state index contributed by atoms with van der Waals surface area (Å²) in [6.45, 7) is 0.578. The summed E-state index contributed by atoms with van der Waals surface area (Å²) in [6, 6.07) is 5.29. The van der Waals surface area contributed by atoms with Crippen molar-refractivity contribution in [2.45, 2.75) is 12.5 Å². The van der Waals surface area contributed by atoms with Crippen LogP contribution in [-0.4, -0.2) is 47.1 Å². The monoisotopic (exact) mass is 316 g/mol. The normalized spacial score (nSPS) is 17.3. The van der Waals surface area contributed by atoms with E-state index >= 15 is 0 Å². The number of amides is 2. The summed E-state index contributed by atoms with van der Waals surface area (Å²) in [6.07, 6.45) is 0.807. The molecule has 0 bridgehead atoms. The summed E-state index contributed by atoms with van der Waals surface area (Å²) in [5.74, 6) is 0.00340. The number of hydrogen-bond donors (Lipinski definition) is 1. The van der Waals surface area contributed by atoms with E-state index in [-0.39, 0.29) is 13.0 Å². The van der Waals surface area contributed by atoms with Gasteiger partial charge in [0, 0.05) is 30.8 Å². The Hall–Kier alpha value is -2.90. The molecular formula is C15H16N4O4. The molecule has 0 aromatic carbocycles. The molecule has 1 fully saturated rings. The third kappa shape index (κ3) is 3.01. The van der Waals surface area contributed by atoms with Crippen molar-refractivity contribution in [1.29, 1.82) is 0 Å². The molecule has 8 heteroatoms. The molecule has 2 aromatic heterocycles. The summed E-state index contributed by atoms with van der Waals surface area (Å²) in [5.41, 5.74) is 7.19. The average molecular weight is 316 g/mol. The molecule has 3 heterocycles. The van der Waals surface area contributed by atoms with Gasteiger partial charge in [-0.25, -0.2) is 9.78 Å². The molecule has 0 saturated carbocycles. The Bertz CT molecular complexity index is 764. The van der Waals surface area contributed by atoms with Gasteiger partial charge in [-0.1, -0.05) is 0 Å². The van der Waals surface area contributed by atoms with Crippen LogP contribution in [0.15, 0.2) is 24.4 Å². The summed E-state index contributed by atoms with van der Waals surface area (Å²) >= 11 is 0. The second kappa shape index (κ2) is 6.07. The molecule has 2 N–H and O–H groups in total. The molecule has 1 atom stereocenters. The maximum Gasteiger partial charge on any atom is 0.410 e. The van der Waals surface area contributed by atoms with Crippen LogP contribution in [0.3, 0.4) is 0 Å². The molecule has 0 unspecified atom stereocenters. The lowest BCUT2D eigenvalue weighted by atomic mass is 10.1. The second-order valence-electron chi connectivity index (χ2n) is 5.16. The van der Waals surface area contributed by atoms with Gasteiger partial charge in [-0.3, -0.25) is 9.78 Å². The molecule has 2 aromatic rings. The number of carbonyl (C=O) groups is 2. The number of fused-ring (bicyclic) bond motifs is 1. The molecule has 0 radical (unpaired) electrons. The van der Waals surface area contributed by atoms with E-state index < -0.39 is 18.1 Å². The van der Waals surface area contributed by atoms with E-state index in [1.165, 1.54) is 12.0 Å². The number of nitrogens with two attached hydrogens (primary N) is 1. The number of primary amides is 1. The lowest BCUT2D eigenvalue weighted by molar-refractivity contribution is -0.118. The lowest BCUT2D eigenvalue weighted by Gasteiger charge is -2.12. The van der Waals surface area contributed by atoms with Gasteiger partial charge in [0.05, 0.1) is 24.7 Å². The zero-order chi connectivity index (χ0) is 16.4. The van der Waals surface area contributed by atoms with E-state index in [1.807, 2.05) is 0 Å². The van der Waals surface area contributed by atoms with E-state index in [0.29, 0.717) is 23.5 Å². The van der Waals surface area contributed by atoms with Crippen LogP contribution in [0.4, 0.5) is 4.79 Å². The minimum Gasteiger partial charge on any atom is -0.481 e. The minimum absolute atomic E-state index is 0.102. The van der Waals surface area contributed by atoms with Crippen LogP contribution in [0.2, 0.25) is 0 Å². The van der Waals surface area contributed by atoms with E-state index in [1.54, 1.807) is 24.4 Å². The number of rotatable bonds is 5. The summed E-state index contributed by atoms with van der Waals surface area (Å²) in [4.78, 5) is 32.9. The van der Waals surface area contributed by atoms with Gasteiger partial charge in [0.2, 0.25) is 11.8 Å². The predicted molar refractivity (Wildman–Crippen MR) is 80.7 cm³/mol. The van der Waals surface area contributed by atoms with Crippen LogP contribution in [0, 0.1) is 0 Å².